The van der Waals surface area contributed by atoms with Crippen molar-refractivity contribution in [3.05, 3.63) is 77.2 Å². The van der Waals surface area contributed by atoms with Crippen LogP contribution in [0, 0.1) is 12.8 Å². The number of carbonyl (C=O) groups excluding carboxylic acids is 1. The summed E-state index contributed by atoms with van der Waals surface area (Å²) in [7, 11) is 0. The lowest BCUT2D eigenvalue weighted by Gasteiger charge is -2.03. The quantitative estimate of drug-likeness (QED) is 0.764. The summed E-state index contributed by atoms with van der Waals surface area (Å²) < 4.78 is 5.26. The van der Waals surface area contributed by atoms with Gasteiger partial charge >= 0.3 is 0 Å². The fourth-order valence-corrected chi connectivity index (χ4v) is 3.16. The minimum atomic E-state index is -0.156. The molecule has 130 valence electrons. The van der Waals surface area contributed by atoms with Crippen LogP contribution >= 0.6 is 0 Å². The minimum absolute atomic E-state index is 0.0309. The van der Waals surface area contributed by atoms with Crippen LogP contribution in [0.3, 0.4) is 0 Å². The molecule has 26 heavy (non-hydrogen) atoms. The van der Waals surface area contributed by atoms with E-state index in [4.69, 9.17) is 4.52 Å². The lowest BCUT2D eigenvalue weighted by molar-refractivity contribution is -0.121. The highest BCUT2D eigenvalue weighted by molar-refractivity contribution is 6.05. The van der Waals surface area contributed by atoms with Gasteiger partial charge in [-0.05, 0) is 31.1 Å². The third-order valence-corrected chi connectivity index (χ3v) is 4.57. The van der Waals surface area contributed by atoms with Crippen molar-refractivity contribution >= 4 is 11.5 Å². The van der Waals surface area contributed by atoms with Crippen molar-refractivity contribution in [1.29, 1.82) is 0 Å². The van der Waals surface area contributed by atoms with Crippen molar-refractivity contribution in [2.24, 2.45) is 5.92 Å². The van der Waals surface area contributed by atoms with E-state index in [0.717, 1.165) is 27.8 Å². The molecule has 1 atom stereocenters. The molecule has 1 N–H and O–H groups in total. The van der Waals surface area contributed by atoms with Crippen LogP contribution in [0.4, 0.5) is 0 Å². The number of aromatic nitrogens is 2. The Hall–Kier alpha value is -3.21. The van der Waals surface area contributed by atoms with Crippen LogP contribution in [0.5, 0.6) is 0 Å². The molecule has 2 aromatic carbocycles. The highest BCUT2D eigenvalue weighted by Gasteiger charge is 2.39. The first kappa shape index (κ1) is 16.3. The zero-order valence-corrected chi connectivity index (χ0v) is 14.7. The zero-order valence-electron chi connectivity index (χ0n) is 14.7. The molecule has 0 saturated carbocycles. The van der Waals surface area contributed by atoms with E-state index >= 15 is 0 Å². The Bertz CT molecular complexity index is 989. The highest BCUT2D eigenvalue weighted by Crippen LogP contribution is 2.46. The third-order valence-electron chi connectivity index (χ3n) is 4.57. The SMILES string of the molecule is CC1=C(c2ccccc2)C1C(=O)NCc1nc(-c2cccc(C)c2)no1. The summed E-state index contributed by atoms with van der Waals surface area (Å²) in [5.74, 6) is 0.742. The summed E-state index contributed by atoms with van der Waals surface area (Å²) in [5.41, 5.74) is 5.35. The van der Waals surface area contributed by atoms with Crippen LogP contribution in [0.25, 0.3) is 17.0 Å². The Kier molecular flexibility index (Phi) is 4.13. The monoisotopic (exact) mass is 345 g/mol. The topological polar surface area (TPSA) is 68.0 Å². The number of rotatable bonds is 5. The van der Waals surface area contributed by atoms with Crippen LogP contribution in [-0.4, -0.2) is 16.0 Å². The van der Waals surface area contributed by atoms with Gasteiger partial charge in [-0.25, -0.2) is 0 Å². The van der Waals surface area contributed by atoms with Crippen molar-refractivity contribution < 1.29 is 9.32 Å². The maximum absolute atomic E-state index is 12.5. The van der Waals surface area contributed by atoms with Crippen LogP contribution < -0.4 is 5.32 Å². The molecule has 1 aliphatic rings. The van der Waals surface area contributed by atoms with E-state index in [2.05, 4.69) is 15.5 Å². The molecule has 0 saturated heterocycles. The highest BCUT2D eigenvalue weighted by atomic mass is 16.5. The van der Waals surface area contributed by atoms with Crippen molar-refractivity contribution in [1.82, 2.24) is 15.5 Å². The number of amides is 1. The lowest BCUT2D eigenvalue weighted by Crippen LogP contribution is -2.26. The normalized spacial score (nSPS) is 15.8. The van der Waals surface area contributed by atoms with Crippen molar-refractivity contribution in [3.63, 3.8) is 0 Å². The maximum atomic E-state index is 12.5. The summed E-state index contributed by atoms with van der Waals surface area (Å²) in [4.78, 5) is 16.8. The van der Waals surface area contributed by atoms with Crippen LogP contribution in [0.15, 0.2) is 64.7 Å². The average molecular weight is 345 g/mol. The molecule has 0 spiro atoms. The third kappa shape index (κ3) is 3.16. The van der Waals surface area contributed by atoms with Crippen LogP contribution in [0.1, 0.15) is 23.9 Å². The van der Waals surface area contributed by atoms with E-state index in [1.54, 1.807) is 0 Å². The van der Waals surface area contributed by atoms with E-state index in [1.807, 2.05) is 68.4 Å². The summed E-state index contributed by atoms with van der Waals surface area (Å²) in [6.45, 7) is 4.23. The predicted molar refractivity (Wildman–Crippen MR) is 98.8 cm³/mol. The van der Waals surface area contributed by atoms with Gasteiger partial charge in [0.05, 0.1) is 12.5 Å². The Morgan fingerprint density at radius 1 is 1.08 bits per heavy atom. The fourth-order valence-electron chi connectivity index (χ4n) is 3.16. The van der Waals surface area contributed by atoms with Crippen LogP contribution in [0.2, 0.25) is 0 Å². The lowest BCUT2D eigenvalue weighted by atomic mass is 10.1. The van der Waals surface area contributed by atoms with Crippen molar-refractivity contribution in [2.45, 2.75) is 20.4 Å². The van der Waals surface area contributed by atoms with Gasteiger partial charge in [0.25, 0.3) is 0 Å². The summed E-state index contributed by atoms with van der Waals surface area (Å²) in [6, 6.07) is 17.9. The molecule has 0 radical (unpaired) electrons. The number of hydrogen-bond donors (Lipinski definition) is 1. The van der Waals surface area contributed by atoms with E-state index in [0.29, 0.717) is 11.7 Å². The maximum Gasteiger partial charge on any atom is 0.246 e. The second kappa shape index (κ2) is 6.59. The fraction of sp³-hybridized carbons (Fsp3) is 0.190. The van der Waals surface area contributed by atoms with Gasteiger partial charge < -0.3 is 9.84 Å². The Morgan fingerprint density at radius 3 is 2.62 bits per heavy atom. The largest absolute Gasteiger partial charge is 0.346 e. The molecule has 4 rings (SSSR count). The van der Waals surface area contributed by atoms with Gasteiger partial charge in [0.15, 0.2) is 0 Å². The van der Waals surface area contributed by atoms with Gasteiger partial charge in [-0.1, -0.05) is 64.8 Å². The van der Waals surface area contributed by atoms with Crippen molar-refractivity contribution in [2.75, 3.05) is 0 Å². The minimum Gasteiger partial charge on any atom is -0.346 e. The Balaban J connectivity index is 1.38. The molecule has 1 aliphatic carbocycles. The van der Waals surface area contributed by atoms with E-state index < -0.39 is 0 Å². The molecule has 0 bridgehead atoms. The van der Waals surface area contributed by atoms with Gasteiger partial charge in [-0.3, -0.25) is 4.79 Å². The summed E-state index contributed by atoms with van der Waals surface area (Å²) in [6.07, 6.45) is 0. The molecule has 1 aromatic heterocycles. The molecule has 0 fully saturated rings. The molecular weight excluding hydrogens is 326 g/mol. The van der Waals surface area contributed by atoms with Gasteiger partial charge in [0.1, 0.15) is 0 Å². The smallest absolute Gasteiger partial charge is 0.246 e. The van der Waals surface area contributed by atoms with Gasteiger partial charge in [0.2, 0.25) is 17.6 Å². The van der Waals surface area contributed by atoms with Gasteiger partial charge in [-0.15, -0.1) is 0 Å². The molecule has 1 unspecified atom stereocenters. The Labute approximate surface area is 151 Å². The second-order valence-corrected chi connectivity index (χ2v) is 6.49. The molecular formula is C21H19N3O2. The zero-order chi connectivity index (χ0) is 18.1. The Morgan fingerprint density at radius 2 is 1.85 bits per heavy atom. The molecule has 1 heterocycles. The van der Waals surface area contributed by atoms with Gasteiger partial charge in [0, 0.05) is 5.56 Å². The molecule has 5 heteroatoms. The second-order valence-electron chi connectivity index (χ2n) is 6.49. The number of nitrogens with one attached hydrogen (secondary N) is 1. The van der Waals surface area contributed by atoms with E-state index in [1.165, 1.54) is 0 Å². The number of aryl methyl sites for hydroxylation is 1. The first-order valence-corrected chi connectivity index (χ1v) is 8.57. The standard InChI is InChI=1S/C21H19N3O2/c1-13-7-6-10-16(11-13)20-23-17(26-24-20)12-22-21(25)19-14(2)18(19)15-8-4-3-5-9-15/h3-11,19H,12H2,1-2H3,(H,22,25). The summed E-state index contributed by atoms with van der Waals surface area (Å²) >= 11 is 0. The number of nitrogens with zero attached hydrogens (tertiary/aromatic N) is 2. The number of benzene rings is 2. The van der Waals surface area contributed by atoms with E-state index in [-0.39, 0.29) is 18.4 Å². The molecule has 5 nitrogen and oxygen atoms in total. The average Bonchev–Trinajstić information content (AvgIpc) is 3.11. The molecule has 3 aromatic rings. The predicted octanol–water partition coefficient (Wildman–Crippen LogP) is 3.76. The molecule has 0 aliphatic heterocycles. The van der Waals surface area contributed by atoms with Gasteiger partial charge in [-0.2, -0.15) is 4.98 Å². The van der Waals surface area contributed by atoms with E-state index in [9.17, 15) is 4.79 Å². The number of carbonyl (C=O) groups is 1. The molecule has 1 amide bonds. The first-order valence-electron chi connectivity index (χ1n) is 8.57. The van der Waals surface area contributed by atoms with Crippen molar-refractivity contribution in [3.8, 4) is 11.4 Å². The van der Waals surface area contributed by atoms with Crippen LogP contribution in [-0.2, 0) is 11.3 Å². The number of hydrogen-bond acceptors (Lipinski definition) is 4. The first-order chi connectivity index (χ1) is 12.6. The summed E-state index contributed by atoms with van der Waals surface area (Å²) in [5, 5.41) is 6.89.